The molecule has 0 saturated carbocycles. The van der Waals surface area contributed by atoms with Gasteiger partial charge in [-0.2, -0.15) is 0 Å². The first kappa shape index (κ1) is 22.1. The third-order valence-corrected chi connectivity index (χ3v) is 5.56. The van der Waals surface area contributed by atoms with Crippen LogP contribution in [0.25, 0.3) is 11.8 Å². The predicted molar refractivity (Wildman–Crippen MR) is 123 cm³/mol. The number of rotatable bonds is 3. The fourth-order valence-corrected chi connectivity index (χ4v) is 3.82. The minimum absolute atomic E-state index is 0.205. The number of aliphatic imine (C=N–C) groups is 1. The van der Waals surface area contributed by atoms with Crippen LogP contribution in [0.4, 0.5) is 5.69 Å². The molecule has 0 saturated heterocycles. The molecule has 0 atom stereocenters. The predicted octanol–water partition coefficient (Wildman–Crippen LogP) is 3.44. The van der Waals surface area contributed by atoms with Crippen LogP contribution in [0.2, 0.25) is 0 Å². The number of amides is 1. The summed E-state index contributed by atoms with van der Waals surface area (Å²) in [4.78, 5) is 26.0. The van der Waals surface area contributed by atoms with E-state index in [0.29, 0.717) is 10.1 Å². The molecule has 1 aliphatic heterocycles. The average Bonchev–Trinajstić information content (AvgIpc) is 3.34. The molecule has 0 radical (unpaired) electrons. The van der Waals surface area contributed by atoms with Crippen molar-refractivity contribution in [1.29, 1.82) is 0 Å². The van der Waals surface area contributed by atoms with Crippen LogP contribution >= 0.6 is 11.8 Å². The van der Waals surface area contributed by atoms with E-state index in [4.69, 9.17) is 9.90 Å². The zero-order chi connectivity index (χ0) is 21.5. The molecule has 2 N–H and O–H groups in total. The maximum atomic E-state index is 12.2. The number of carbonyl (C=O) groups excluding carboxylic acids is 1. The number of thioether (sulfide) groups is 1. The second-order valence-corrected chi connectivity index (χ2v) is 8.71. The molecular weight excluding hydrogens is 409 g/mol. The fourth-order valence-electron chi connectivity index (χ4n) is 2.66. The number of hydrogen-bond acceptors (Lipinski definition) is 4. The van der Waals surface area contributed by atoms with Crippen molar-refractivity contribution >= 4 is 71.3 Å². The zero-order valence-electron chi connectivity index (χ0n) is 16.6. The van der Waals surface area contributed by atoms with Crippen molar-refractivity contribution in [3.63, 3.8) is 0 Å². The number of benzene rings is 2. The Kier molecular flexibility index (Phi) is 7.70. The first-order valence-electron chi connectivity index (χ1n) is 9.20. The second kappa shape index (κ2) is 10.4. The summed E-state index contributed by atoms with van der Waals surface area (Å²) in [6, 6.07) is 20.2. The number of nitrogens with one attached hydrogen (secondary N) is 1. The Morgan fingerprint density at radius 2 is 1.80 bits per heavy atom. The van der Waals surface area contributed by atoms with Gasteiger partial charge in [0.15, 0.2) is 0 Å². The van der Waals surface area contributed by atoms with E-state index < -0.39 is 5.97 Å². The molecule has 146 valence electrons. The Labute approximate surface area is 196 Å². The first-order valence-corrected chi connectivity index (χ1v) is 11.0. The van der Waals surface area contributed by atoms with Crippen LogP contribution in [0.15, 0.2) is 83.0 Å². The molecule has 0 aliphatic carbocycles. The molecule has 8 heteroatoms. The van der Waals surface area contributed by atoms with Crippen LogP contribution in [-0.2, 0) is 9.59 Å². The van der Waals surface area contributed by atoms with E-state index in [1.54, 1.807) is 0 Å². The number of amidine groups is 1. The Morgan fingerprint density at radius 3 is 2.47 bits per heavy atom. The summed E-state index contributed by atoms with van der Waals surface area (Å²) >= 11 is 2.40. The first-order chi connectivity index (χ1) is 14.4. The van der Waals surface area contributed by atoms with E-state index in [1.807, 2.05) is 65.5 Å². The molecular formula is C22H18N3NaO3S. The quantitative estimate of drug-likeness (QED) is 0.494. The zero-order valence-corrected chi connectivity index (χ0v) is 19.4. The van der Waals surface area contributed by atoms with Crippen molar-refractivity contribution in [1.82, 2.24) is 4.57 Å². The summed E-state index contributed by atoms with van der Waals surface area (Å²) in [5.74, 6) is -1.04. The molecule has 30 heavy (non-hydrogen) atoms. The Morgan fingerprint density at radius 1 is 1.13 bits per heavy atom. The van der Waals surface area contributed by atoms with Gasteiger partial charge in [0.05, 0.1) is 0 Å². The van der Waals surface area contributed by atoms with E-state index in [9.17, 15) is 4.79 Å². The molecule has 0 unspecified atom stereocenters. The topological polar surface area (TPSA) is 83.7 Å². The van der Waals surface area contributed by atoms with Gasteiger partial charge in [-0.1, -0.05) is 0 Å². The number of anilines is 1. The Hall–Kier alpha value is -2.58. The van der Waals surface area contributed by atoms with Crippen molar-refractivity contribution < 1.29 is 14.7 Å². The van der Waals surface area contributed by atoms with Crippen molar-refractivity contribution in [3.05, 3.63) is 83.5 Å². The van der Waals surface area contributed by atoms with Crippen LogP contribution in [0, 0.1) is 0 Å². The third-order valence-electron chi connectivity index (χ3n) is 3.99. The van der Waals surface area contributed by atoms with Crippen LogP contribution in [-0.4, -0.2) is 54.6 Å². The third kappa shape index (κ3) is 6.47. The minimum atomic E-state index is -0.833. The van der Waals surface area contributed by atoms with E-state index >= 15 is 0 Å². The molecule has 3 aromatic rings. The van der Waals surface area contributed by atoms with E-state index in [1.165, 1.54) is 14.6 Å². The number of aliphatic carboxylic acids is 1. The Bertz CT molecular complexity index is 1100. The second-order valence-electron chi connectivity index (χ2n) is 6.53. The van der Waals surface area contributed by atoms with Crippen LogP contribution in [0.3, 0.4) is 0 Å². The standard InChI is InChI=1S/C20H14N3OS.C2H4O2.Na/c24-19-18(25-20(22-19)21-16-8-2-1-3-9-16)14-15-7-6-10-17(13-15)23-11-4-5-12-23;1-2(3)4;/h2-14H,(H,21,22,24);1H3,(H,3,4);/b18-14+;;. The number of aromatic nitrogens is 1. The molecule has 1 aliphatic rings. The summed E-state index contributed by atoms with van der Waals surface area (Å²) in [7, 11) is 0. The fraction of sp³-hybridized carbons (Fsp3) is 0.0455. The van der Waals surface area contributed by atoms with Gasteiger partial charge in [-0.05, 0) is 18.2 Å². The summed E-state index contributed by atoms with van der Waals surface area (Å²) < 4.78 is 3.37. The molecule has 0 bridgehead atoms. The van der Waals surface area contributed by atoms with Crippen molar-refractivity contribution in [3.8, 4) is 5.69 Å². The van der Waals surface area contributed by atoms with Crippen molar-refractivity contribution in [2.75, 3.05) is 5.32 Å². The Balaban J connectivity index is 0.000000589. The van der Waals surface area contributed by atoms with E-state index in [0.717, 1.165) is 51.8 Å². The monoisotopic (exact) mass is 427 g/mol. The van der Waals surface area contributed by atoms with E-state index in [-0.39, 0.29) is 5.91 Å². The van der Waals surface area contributed by atoms with Crippen molar-refractivity contribution in [2.45, 2.75) is 6.92 Å². The number of carboxylic acid groups (broad SMARTS) is 1. The van der Waals surface area contributed by atoms with Crippen LogP contribution in [0.1, 0.15) is 12.5 Å². The normalized spacial score (nSPS) is 14.2. The molecule has 0 spiro atoms. The van der Waals surface area contributed by atoms with Gasteiger partial charge in [-0.25, -0.2) is 0 Å². The van der Waals surface area contributed by atoms with Gasteiger partial charge in [0.2, 0.25) is 0 Å². The summed E-state index contributed by atoms with van der Waals surface area (Å²) in [5, 5.41) is 11.2. The maximum absolute atomic E-state index is 12.2. The number of carbonyl (C=O) groups is 2. The number of nitrogens with zero attached hydrogens (tertiary/aromatic N) is 2. The molecule has 2 aromatic carbocycles. The van der Waals surface area contributed by atoms with Gasteiger partial charge >= 0.3 is 139 Å². The summed E-state index contributed by atoms with van der Waals surface area (Å²) in [6.45, 7) is 1.08. The molecule has 2 heterocycles. The van der Waals surface area contributed by atoms with Gasteiger partial charge in [-0.15, -0.1) is 0 Å². The van der Waals surface area contributed by atoms with Gasteiger partial charge in [0, 0.05) is 19.3 Å². The molecule has 6 nitrogen and oxygen atoms in total. The van der Waals surface area contributed by atoms with E-state index in [2.05, 4.69) is 28.5 Å². The summed E-state index contributed by atoms with van der Waals surface area (Å²) in [6.07, 6.45) is 5.88. The van der Waals surface area contributed by atoms with Gasteiger partial charge < -0.3 is 9.67 Å². The average molecular weight is 427 g/mol. The molecule has 1 aromatic heterocycles. The van der Waals surface area contributed by atoms with Crippen molar-refractivity contribution in [2.24, 2.45) is 4.99 Å². The molecule has 4 rings (SSSR count). The number of carboxylic acids is 1. The SMILES string of the molecule is CC(=O)O.O=C1N=C(Nc2cc[c]([Na])cc2)S/C1=C/c1cccc(-n2cccc2)c1. The summed E-state index contributed by atoms with van der Waals surface area (Å²) in [5.41, 5.74) is 2.98. The van der Waals surface area contributed by atoms with Gasteiger partial charge in [-0.3, -0.25) is 4.79 Å². The van der Waals surface area contributed by atoms with Gasteiger partial charge in [0.25, 0.3) is 5.97 Å². The number of hydrogen-bond donors (Lipinski definition) is 2. The van der Waals surface area contributed by atoms with Crippen LogP contribution in [0.5, 0.6) is 0 Å². The van der Waals surface area contributed by atoms with Crippen LogP contribution < -0.4 is 8.13 Å². The van der Waals surface area contributed by atoms with Gasteiger partial charge in [0.1, 0.15) is 0 Å². The molecule has 0 fully saturated rings. The molecule has 1 amide bonds.